The highest BCUT2D eigenvalue weighted by molar-refractivity contribution is 5.92. The lowest BCUT2D eigenvalue weighted by molar-refractivity contribution is -0.135. The smallest absolute Gasteiger partial charge is 0.246 e. The van der Waals surface area contributed by atoms with Gasteiger partial charge in [0, 0.05) is 38.3 Å². The van der Waals surface area contributed by atoms with Crippen molar-refractivity contribution in [3.05, 3.63) is 72.5 Å². The minimum Gasteiger partial charge on any atom is -0.497 e. The molecule has 0 fully saturated rings. The molecule has 2 amide bonds. The molecule has 0 bridgehead atoms. The summed E-state index contributed by atoms with van der Waals surface area (Å²) in [7, 11) is 7.07. The maximum absolute atomic E-state index is 13.2. The van der Waals surface area contributed by atoms with Gasteiger partial charge in [-0.3, -0.25) is 9.59 Å². The number of anilines is 4. The van der Waals surface area contributed by atoms with Crippen LogP contribution < -0.4 is 20.7 Å². The first-order valence-electron chi connectivity index (χ1n) is 14.2. The van der Waals surface area contributed by atoms with Crippen molar-refractivity contribution in [3.8, 4) is 17.6 Å². The van der Waals surface area contributed by atoms with Gasteiger partial charge in [-0.05, 0) is 63.3 Å². The van der Waals surface area contributed by atoms with Gasteiger partial charge in [-0.2, -0.15) is 9.37 Å². The topological polar surface area (TPSA) is 125 Å². The molecular weight excluding hydrogens is 563 g/mol. The van der Waals surface area contributed by atoms with E-state index in [-0.39, 0.29) is 17.8 Å². The summed E-state index contributed by atoms with van der Waals surface area (Å²) in [5, 5.41) is 9.18. The summed E-state index contributed by atoms with van der Waals surface area (Å²) < 4.78 is 18.4. The number of methoxy groups -OCH3 is 1. The molecule has 3 rings (SSSR count). The van der Waals surface area contributed by atoms with Crippen LogP contribution in [0.25, 0.3) is 0 Å². The standard InChI is InChI=1S/C32H39FN8O3/c1-6-27(41(4)29(42)12-10-20-40(2)3)31(43)34-19-9-7-8-11-23-21-36-32(38-25-15-18-28(33)35-22-25)39-30(23)37-24-13-16-26(44-5)17-14-24/h10,12-18,21-22,27H,6-7,9,19-20H2,1-5H3,(H,34,43)(H2,36,37,38,39)/t27-/m0/s1. The van der Waals surface area contributed by atoms with Crippen molar-refractivity contribution in [1.29, 1.82) is 0 Å². The molecule has 0 aliphatic rings. The summed E-state index contributed by atoms with van der Waals surface area (Å²) in [5.41, 5.74) is 1.87. The third-order valence-electron chi connectivity index (χ3n) is 6.36. The quantitative estimate of drug-likeness (QED) is 0.108. The Balaban J connectivity index is 1.61. The normalized spacial score (nSPS) is 11.4. The molecule has 12 heteroatoms. The van der Waals surface area contributed by atoms with E-state index in [9.17, 15) is 14.0 Å². The van der Waals surface area contributed by atoms with E-state index in [2.05, 4.69) is 42.7 Å². The van der Waals surface area contributed by atoms with E-state index in [1.807, 2.05) is 50.2 Å². The summed E-state index contributed by atoms with van der Waals surface area (Å²) in [6.07, 6.45) is 7.86. The lowest BCUT2D eigenvalue weighted by Crippen LogP contribution is -2.47. The minimum absolute atomic E-state index is 0.198. The molecule has 3 aromatic rings. The van der Waals surface area contributed by atoms with Gasteiger partial charge in [0.25, 0.3) is 0 Å². The number of unbranched alkanes of at least 4 members (excludes halogenated alkanes) is 1. The minimum atomic E-state index is -0.584. The van der Waals surface area contributed by atoms with Crippen LogP contribution in [0.5, 0.6) is 5.75 Å². The van der Waals surface area contributed by atoms with Crippen LogP contribution in [0.1, 0.15) is 31.7 Å². The number of hydrogen-bond donors (Lipinski definition) is 3. The number of rotatable bonds is 14. The number of amides is 2. The fourth-order valence-electron chi connectivity index (χ4n) is 3.95. The Kier molecular flexibility index (Phi) is 13.1. The fraction of sp³-hybridized carbons (Fsp3) is 0.344. The Hall–Kier alpha value is -5.02. The Bertz CT molecular complexity index is 1470. The van der Waals surface area contributed by atoms with E-state index in [1.165, 1.54) is 29.3 Å². The van der Waals surface area contributed by atoms with Gasteiger partial charge in [-0.1, -0.05) is 24.8 Å². The highest BCUT2D eigenvalue weighted by atomic mass is 19.1. The summed E-state index contributed by atoms with van der Waals surface area (Å²) in [5.74, 6) is 6.71. The van der Waals surface area contributed by atoms with Gasteiger partial charge in [0.2, 0.25) is 23.7 Å². The lowest BCUT2D eigenvalue weighted by Gasteiger charge is -2.25. The Morgan fingerprint density at radius 1 is 1.05 bits per heavy atom. The van der Waals surface area contributed by atoms with Crippen LogP contribution in [0.15, 0.2) is 60.9 Å². The lowest BCUT2D eigenvalue weighted by atomic mass is 10.1. The Morgan fingerprint density at radius 3 is 2.45 bits per heavy atom. The van der Waals surface area contributed by atoms with Crippen LogP contribution in [0.3, 0.4) is 0 Å². The van der Waals surface area contributed by atoms with E-state index in [0.29, 0.717) is 49.4 Å². The Morgan fingerprint density at radius 2 is 1.80 bits per heavy atom. The number of pyridine rings is 1. The average Bonchev–Trinajstić information content (AvgIpc) is 3.01. The third-order valence-corrected chi connectivity index (χ3v) is 6.36. The molecule has 0 spiro atoms. The highest BCUT2D eigenvalue weighted by Crippen LogP contribution is 2.23. The van der Waals surface area contributed by atoms with E-state index in [1.54, 1.807) is 26.4 Å². The van der Waals surface area contributed by atoms with Gasteiger partial charge in [0.05, 0.1) is 30.8 Å². The van der Waals surface area contributed by atoms with Gasteiger partial charge < -0.3 is 30.5 Å². The number of hydrogen-bond acceptors (Lipinski definition) is 9. The first-order chi connectivity index (χ1) is 21.2. The van der Waals surface area contributed by atoms with Crippen molar-refractivity contribution >= 4 is 35.0 Å². The predicted octanol–water partition coefficient (Wildman–Crippen LogP) is 4.11. The molecule has 0 aliphatic carbocycles. The van der Waals surface area contributed by atoms with E-state index in [0.717, 1.165) is 11.4 Å². The zero-order valence-electron chi connectivity index (χ0n) is 25.7. The van der Waals surface area contributed by atoms with Gasteiger partial charge in [-0.25, -0.2) is 9.97 Å². The van der Waals surface area contributed by atoms with Gasteiger partial charge in [0.1, 0.15) is 11.8 Å². The van der Waals surface area contributed by atoms with Crippen LogP contribution >= 0.6 is 0 Å². The van der Waals surface area contributed by atoms with Crippen molar-refractivity contribution in [1.82, 2.24) is 30.1 Å². The predicted molar refractivity (Wildman–Crippen MR) is 169 cm³/mol. The van der Waals surface area contributed by atoms with E-state index >= 15 is 0 Å². The molecule has 0 unspecified atom stereocenters. The maximum atomic E-state index is 13.2. The van der Waals surface area contributed by atoms with Gasteiger partial charge >= 0.3 is 0 Å². The second kappa shape index (κ2) is 17.2. The number of carbonyl (C=O) groups excluding carboxylic acids is 2. The SMILES string of the molecule is CC[C@@H](C(=O)NCCCC#Cc1cnc(Nc2ccc(F)nc2)nc1Nc1ccc(OC)cc1)N(C)C(=O)C=CCN(C)C. The fourth-order valence-corrected chi connectivity index (χ4v) is 3.95. The van der Waals surface area contributed by atoms with Gasteiger partial charge in [-0.15, -0.1) is 0 Å². The number of ether oxygens (including phenoxy) is 1. The molecule has 232 valence electrons. The first-order valence-corrected chi connectivity index (χ1v) is 14.2. The van der Waals surface area contributed by atoms with Crippen LogP contribution in [0, 0.1) is 17.8 Å². The van der Waals surface area contributed by atoms with Crippen LogP contribution in [0.4, 0.5) is 27.5 Å². The monoisotopic (exact) mass is 602 g/mol. The number of benzene rings is 1. The van der Waals surface area contributed by atoms with Crippen molar-refractivity contribution < 1.29 is 18.7 Å². The van der Waals surface area contributed by atoms with Crippen LogP contribution in [0.2, 0.25) is 0 Å². The van der Waals surface area contributed by atoms with Crippen molar-refractivity contribution in [3.63, 3.8) is 0 Å². The van der Waals surface area contributed by atoms with E-state index < -0.39 is 12.0 Å². The maximum Gasteiger partial charge on any atom is 0.246 e. The zero-order chi connectivity index (χ0) is 31.9. The summed E-state index contributed by atoms with van der Waals surface area (Å²) in [6.45, 7) is 2.94. The molecule has 0 radical (unpaired) electrons. The van der Waals surface area contributed by atoms with Gasteiger partial charge in [0.15, 0.2) is 5.82 Å². The summed E-state index contributed by atoms with van der Waals surface area (Å²) in [6, 6.07) is 9.58. The van der Waals surface area contributed by atoms with E-state index in [4.69, 9.17) is 4.74 Å². The molecule has 1 atom stereocenters. The highest BCUT2D eigenvalue weighted by Gasteiger charge is 2.23. The molecule has 44 heavy (non-hydrogen) atoms. The number of likely N-dealkylation sites (N-methyl/N-ethyl adjacent to an activating group) is 2. The molecular formula is C32H39FN8O3. The molecule has 0 aliphatic heterocycles. The van der Waals surface area contributed by atoms with Crippen LogP contribution in [-0.2, 0) is 9.59 Å². The molecule has 0 saturated carbocycles. The second-order valence-electron chi connectivity index (χ2n) is 10.0. The molecule has 0 saturated heterocycles. The first kappa shape index (κ1) is 33.5. The number of nitrogens with zero attached hydrogens (tertiary/aromatic N) is 5. The molecule has 11 nitrogen and oxygen atoms in total. The molecule has 2 heterocycles. The summed E-state index contributed by atoms with van der Waals surface area (Å²) >= 11 is 0. The zero-order valence-corrected chi connectivity index (χ0v) is 25.7. The number of aromatic nitrogens is 3. The van der Waals surface area contributed by atoms with Crippen molar-refractivity contribution in [2.24, 2.45) is 0 Å². The number of carbonyl (C=O) groups is 2. The molecule has 3 N–H and O–H groups in total. The number of nitrogens with one attached hydrogen (secondary N) is 3. The largest absolute Gasteiger partial charge is 0.497 e. The average molecular weight is 603 g/mol. The van der Waals surface area contributed by atoms with Crippen molar-refractivity contribution in [2.75, 3.05) is 52.0 Å². The molecule has 1 aromatic carbocycles. The summed E-state index contributed by atoms with van der Waals surface area (Å²) in [4.78, 5) is 41.2. The number of halogens is 1. The third kappa shape index (κ3) is 10.7. The van der Waals surface area contributed by atoms with Crippen LogP contribution in [-0.4, -0.2) is 84.0 Å². The molecule has 2 aromatic heterocycles. The Labute approximate surface area is 257 Å². The van der Waals surface area contributed by atoms with Crippen molar-refractivity contribution in [2.45, 2.75) is 32.2 Å². The second-order valence-corrected chi connectivity index (χ2v) is 10.0.